The Balaban J connectivity index is 1.41. The second-order valence-electron chi connectivity index (χ2n) is 7.63. The van der Waals surface area contributed by atoms with Crippen molar-refractivity contribution in [3.05, 3.63) is 108 Å². The van der Waals surface area contributed by atoms with Crippen LogP contribution in [-0.2, 0) is 6.54 Å². The SMILES string of the molecule is N#Cc1cnc2ccc(NCc3ccc(-n4ccnc4)cc3)cc2c1Nc1ccc(F)c(Cl)c1. The van der Waals surface area contributed by atoms with Gasteiger partial charge in [0.05, 0.1) is 28.1 Å². The smallest absolute Gasteiger partial charge is 0.141 e. The van der Waals surface area contributed by atoms with Crippen LogP contribution in [0.2, 0.25) is 5.02 Å². The zero-order chi connectivity index (χ0) is 23.5. The average molecular weight is 469 g/mol. The van der Waals surface area contributed by atoms with E-state index in [9.17, 15) is 9.65 Å². The molecule has 34 heavy (non-hydrogen) atoms. The molecular weight excluding hydrogens is 451 g/mol. The minimum absolute atomic E-state index is 0.00304. The van der Waals surface area contributed by atoms with Crippen LogP contribution in [0.15, 0.2) is 85.6 Å². The summed E-state index contributed by atoms with van der Waals surface area (Å²) in [6.07, 6.45) is 6.93. The first kappa shape index (κ1) is 21.4. The maximum Gasteiger partial charge on any atom is 0.141 e. The van der Waals surface area contributed by atoms with Crippen molar-refractivity contribution in [2.75, 3.05) is 10.6 Å². The standard InChI is InChI=1S/C26H18ClFN6/c27-23-12-20(3-7-24(23)28)33-26-18(13-29)15-32-25-8-4-19(11-22(25)26)31-14-17-1-5-21(6-2-17)34-10-9-30-16-34/h1-12,15-16,31H,14H2,(H,32,33). The minimum atomic E-state index is -0.503. The van der Waals surface area contributed by atoms with Crippen LogP contribution < -0.4 is 10.6 Å². The summed E-state index contributed by atoms with van der Waals surface area (Å²) in [6.45, 7) is 0.622. The van der Waals surface area contributed by atoms with Crippen LogP contribution in [0.3, 0.4) is 0 Å². The Labute approximate surface area is 200 Å². The Morgan fingerprint density at radius 3 is 2.59 bits per heavy atom. The van der Waals surface area contributed by atoms with Crippen molar-refractivity contribution in [3.63, 3.8) is 0 Å². The van der Waals surface area contributed by atoms with Crippen molar-refractivity contribution in [1.29, 1.82) is 5.26 Å². The van der Waals surface area contributed by atoms with Crippen molar-refractivity contribution in [2.45, 2.75) is 6.54 Å². The molecule has 2 aromatic heterocycles. The second-order valence-corrected chi connectivity index (χ2v) is 8.04. The Morgan fingerprint density at radius 2 is 1.85 bits per heavy atom. The van der Waals surface area contributed by atoms with Gasteiger partial charge in [0.15, 0.2) is 0 Å². The summed E-state index contributed by atoms with van der Waals surface area (Å²) in [5.74, 6) is -0.503. The molecule has 0 fully saturated rings. The highest BCUT2D eigenvalue weighted by molar-refractivity contribution is 6.31. The van der Waals surface area contributed by atoms with Gasteiger partial charge in [0, 0.05) is 47.6 Å². The number of rotatable bonds is 6. The lowest BCUT2D eigenvalue weighted by Gasteiger charge is -2.14. The molecule has 8 heteroatoms. The quantitative estimate of drug-likeness (QED) is 0.300. The van der Waals surface area contributed by atoms with Crippen LogP contribution in [0, 0.1) is 17.1 Å². The van der Waals surface area contributed by atoms with Gasteiger partial charge in [-0.25, -0.2) is 9.37 Å². The molecule has 0 saturated carbocycles. The van der Waals surface area contributed by atoms with Gasteiger partial charge in [-0.15, -0.1) is 0 Å². The van der Waals surface area contributed by atoms with E-state index >= 15 is 0 Å². The minimum Gasteiger partial charge on any atom is -0.381 e. The summed E-state index contributed by atoms with van der Waals surface area (Å²) in [5.41, 5.74) is 5.30. The molecule has 6 nitrogen and oxygen atoms in total. The summed E-state index contributed by atoms with van der Waals surface area (Å²) < 4.78 is 15.5. The van der Waals surface area contributed by atoms with Gasteiger partial charge < -0.3 is 15.2 Å². The lowest BCUT2D eigenvalue weighted by molar-refractivity contribution is 0.628. The highest BCUT2D eigenvalue weighted by Gasteiger charge is 2.11. The van der Waals surface area contributed by atoms with Gasteiger partial charge >= 0.3 is 0 Å². The van der Waals surface area contributed by atoms with E-state index in [2.05, 4.69) is 38.8 Å². The second kappa shape index (κ2) is 9.22. The van der Waals surface area contributed by atoms with Gasteiger partial charge in [0.1, 0.15) is 11.9 Å². The maximum atomic E-state index is 13.6. The van der Waals surface area contributed by atoms with E-state index < -0.39 is 5.82 Å². The molecule has 0 unspecified atom stereocenters. The van der Waals surface area contributed by atoms with Gasteiger partial charge in [-0.1, -0.05) is 23.7 Å². The van der Waals surface area contributed by atoms with Crippen LogP contribution in [0.5, 0.6) is 0 Å². The van der Waals surface area contributed by atoms with E-state index in [4.69, 9.17) is 11.6 Å². The number of halogens is 2. The van der Waals surface area contributed by atoms with Gasteiger partial charge in [0.2, 0.25) is 0 Å². The predicted molar refractivity (Wildman–Crippen MR) is 132 cm³/mol. The fourth-order valence-corrected chi connectivity index (χ4v) is 3.82. The van der Waals surface area contributed by atoms with E-state index in [1.54, 1.807) is 18.6 Å². The number of hydrogen-bond acceptors (Lipinski definition) is 5. The number of nitriles is 1. The third kappa shape index (κ3) is 4.40. The topological polar surface area (TPSA) is 78.6 Å². The predicted octanol–water partition coefficient (Wildman–Crippen LogP) is 6.44. The van der Waals surface area contributed by atoms with Crippen molar-refractivity contribution in [3.8, 4) is 11.8 Å². The summed E-state index contributed by atoms with van der Waals surface area (Å²) in [4.78, 5) is 8.47. The van der Waals surface area contributed by atoms with E-state index in [0.29, 0.717) is 23.5 Å². The van der Waals surface area contributed by atoms with E-state index in [1.807, 2.05) is 41.1 Å². The average Bonchev–Trinajstić information content (AvgIpc) is 3.40. The number of fused-ring (bicyclic) bond motifs is 1. The number of pyridine rings is 1. The van der Waals surface area contributed by atoms with Crippen molar-refractivity contribution < 1.29 is 4.39 Å². The van der Waals surface area contributed by atoms with Gasteiger partial charge in [-0.2, -0.15) is 5.26 Å². The molecule has 2 N–H and O–H groups in total. The molecule has 0 aliphatic rings. The molecule has 0 aliphatic heterocycles. The first-order valence-corrected chi connectivity index (χ1v) is 10.8. The molecule has 2 heterocycles. The fourth-order valence-electron chi connectivity index (χ4n) is 3.64. The highest BCUT2D eigenvalue weighted by atomic mass is 35.5. The van der Waals surface area contributed by atoms with Crippen molar-refractivity contribution in [1.82, 2.24) is 14.5 Å². The third-order valence-corrected chi connectivity index (χ3v) is 5.70. The zero-order valence-electron chi connectivity index (χ0n) is 17.8. The molecular formula is C26H18ClFN6. The van der Waals surface area contributed by atoms with Crippen molar-refractivity contribution in [2.24, 2.45) is 0 Å². The summed E-state index contributed by atoms with van der Waals surface area (Å²) in [7, 11) is 0. The number of nitrogens with one attached hydrogen (secondary N) is 2. The van der Waals surface area contributed by atoms with Gasteiger partial charge in [-0.3, -0.25) is 4.98 Å². The van der Waals surface area contributed by atoms with Gasteiger partial charge in [-0.05, 0) is 54.1 Å². The Bertz CT molecular complexity index is 1510. The van der Waals surface area contributed by atoms with Crippen LogP contribution >= 0.6 is 11.6 Å². The van der Waals surface area contributed by atoms with E-state index in [-0.39, 0.29) is 5.02 Å². The first-order chi connectivity index (χ1) is 16.6. The maximum absolute atomic E-state index is 13.6. The number of imidazole rings is 1. The van der Waals surface area contributed by atoms with Crippen molar-refractivity contribution >= 4 is 39.6 Å². The van der Waals surface area contributed by atoms with Gasteiger partial charge in [0.25, 0.3) is 0 Å². The lowest BCUT2D eigenvalue weighted by atomic mass is 10.1. The molecule has 3 aromatic carbocycles. The van der Waals surface area contributed by atoms with Crippen LogP contribution in [0.25, 0.3) is 16.6 Å². The molecule has 5 aromatic rings. The summed E-state index contributed by atoms with van der Waals surface area (Å²) in [5, 5.41) is 17.0. The number of benzene rings is 3. The van der Waals surface area contributed by atoms with Crippen LogP contribution in [0.4, 0.5) is 21.5 Å². The third-order valence-electron chi connectivity index (χ3n) is 5.41. The number of anilines is 3. The Hall–Kier alpha value is -4.41. The molecule has 5 rings (SSSR count). The molecule has 0 spiro atoms. The normalized spacial score (nSPS) is 10.7. The zero-order valence-corrected chi connectivity index (χ0v) is 18.6. The summed E-state index contributed by atoms with van der Waals surface area (Å²) in [6, 6.07) is 20.5. The molecule has 0 saturated heterocycles. The van der Waals surface area contributed by atoms with E-state index in [0.717, 1.165) is 27.8 Å². The molecule has 0 amide bonds. The molecule has 0 radical (unpaired) electrons. The Kier molecular flexibility index (Phi) is 5.81. The monoisotopic (exact) mass is 468 g/mol. The number of aromatic nitrogens is 3. The fraction of sp³-hybridized carbons (Fsp3) is 0.0385. The largest absolute Gasteiger partial charge is 0.381 e. The van der Waals surface area contributed by atoms with Crippen LogP contribution in [0.1, 0.15) is 11.1 Å². The molecule has 0 atom stereocenters. The Morgan fingerprint density at radius 1 is 1.03 bits per heavy atom. The van der Waals surface area contributed by atoms with E-state index in [1.165, 1.54) is 18.3 Å². The molecule has 166 valence electrons. The summed E-state index contributed by atoms with van der Waals surface area (Å²) >= 11 is 5.93. The number of nitrogens with zero attached hydrogens (tertiary/aromatic N) is 4. The highest BCUT2D eigenvalue weighted by Crippen LogP contribution is 2.32. The number of hydrogen-bond donors (Lipinski definition) is 2. The molecule has 0 aliphatic carbocycles. The lowest BCUT2D eigenvalue weighted by Crippen LogP contribution is -2.01. The first-order valence-electron chi connectivity index (χ1n) is 10.5. The van der Waals surface area contributed by atoms with Crippen LogP contribution in [-0.4, -0.2) is 14.5 Å². The molecule has 0 bridgehead atoms.